The molecule has 2 rings (SSSR count). The van der Waals surface area contributed by atoms with E-state index in [1.54, 1.807) is 0 Å². The smallest absolute Gasteiger partial charge is 0.126 e. The Kier molecular flexibility index (Phi) is 3.20. The van der Waals surface area contributed by atoms with Gasteiger partial charge in [0, 0.05) is 12.1 Å². The van der Waals surface area contributed by atoms with Crippen LogP contribution in [0.4, 0.5) is 0 Å². The van der Waals surface area contributed by atoms with E-state index in [0.29, 0.717) is 6.54 Å². The first-order chi connectivity index (χ1) is 8.10. The lowest BCUT2D eigenvalue weighted by Gasteiger charge is -2.08. The molecule has 2 N–H and O–H groups in total. The van der Waals surface area contributed by atoms with Crippen LogP contribution in [-0.2, 0) is 6.54 Å². The number of aromatic nitrogens is 2. The fourth-order valence-corrected chi connectivity index (χ4v) is 1.88. The van der Waals surface area contributed by atoms with Crippen LogP contribution in [0.5, 0.6) is 0 Å². The Labute approximate surface area is 102 Å². The van der Waals surface area contributed by atoms with Gasteiger partial charge in [0.05, 0.1) is 11.4 Å². The highest BCUT2D eigenvalue weighted by Crippen LogP contribution is 2.23. The van der Waals surface area contributed by atoms with Crippen molar-refractivity contribution in [3.8, 4) is 11.3 Å². The number of nitrogens with zero attached hydrogens (tertiary/aromatic N) is 2. The Bertz CT molecular complexity index is 547. The van der Waals surface area contributed by atoms with Gasteiger partial charge in [0.15, 0.2) is 0 Å². The highest BCUT2D eigenvalue weighted by molar-refractivity contribution is 5.64. The molecule has 0 unspecified atom stereocenters. The van der Waals surface area contributed by atoms with Crippen LogP contribution in [0.1, 0.15) is 22.6 Å². The van der Waals surface area contributed by atoms with Gasteiger partial charge >= 0.3 is 0 Å². The summed E-state index contributed by atoms with van der Waals surface area (Å²) in [7, 11) is 0. The molecule has 1 aromatic heterocycles. The maximum Gasteiger partial charge on any atom is 0.126 e. The Morgan fingerprint density at radius 1 is 1.06 bits per heavy atom. The van der Waals surface area contributed by atoms with E-state index in [9.17, 15) is 0 Å². The van der Waals surface area contributed by atoms with Gasteiger partial charge in [-0.3, -0.25) is 0 Å². The maximum atomic E-state index is 5.64. The molecule has 3 nitrogen and oxygen atoms in total. The summed E-state index contributed by atoms with van der Waals surface area (Å²) in [5.41, 5.74) is 11.1. The lowest BCUT2D eigenvalue weighted by atomic mass is 10.0. The first-order valence-corrected chi connectivity index (χ1v) is 5.72. The molecule has 0 aliphatic carbocycles. The molecule has 0 fully saturated rings. The van der Waals surface area contributed by atoms with E-state index < -0.39 is 0 Å². The quantitative estimate of drug-likeness (QED) is 0.857. The van der Waals surface area contributed by atoms with Crippen LogP contribution in [0.2, 0.25) is 0 Å². The number of rotatable bonds is 2. The standard InChI is InChI=1S/C14H17N3/c1-9-4-5-10(2)13(6-9)14-7-12(8-15)16-11(3)17-14/h4-7H,8,15H2,1-3H3. The van der Waals surface area contributed by atoms with Gasteiger partial charge in [-0.25, -0.2) is 9.97 Å². The first kappa shape index (κ1) is 11.7. The van der Waals surface area contributed by atoms with E-state index in [1.165, 1.54) is 11.1 Å². The fraction of sp³-hybridized carbons (Fsp3) is 0.286. The molecule has 17 heavy (non-hydrogen) atoms. The van der Waals surface area contributed by atoms with Crippen molar-refractivity contribution in [3.05, 3.63) is 46.9 Å². The van der Waals surface area contributed by atoms with Gasteiger partial charge in [0.2, 0.25) is 0 Å². The van der Waals surface area contributed by atoms with Gasteiger partial charge in [-0.2, -0.15) is 0 Å². The summed E-state index contributed by atoms with van der Waals surface area (Å²) in [5, 5.41) is 0. The summed E-state index contributed by atoms with van der Waals surface area (Å²) in [6.45, 7) is 6.52. The highest BCUT2D eigenvalue weighted by Gasteiger charge is 2.06. The van der Waals surface area contributed by atoms with Crippen LogP contribution >= 0.6 is 0 Å². The summed E-state index contributed by atoms with van der Waals surface area (Å²) in [5.74, 6) is 0.767. The lowest BCUT2D eigenvalue weighted by molar-refractivity contribution is 0.929. The Balaban J connectivity index is 2.59. The topological polar surface area (TPSA) is 51.8 Å². The average Bonchev–Trinajstić information content (AvgIpc) is 2.31. The van der Waals surface area contributed by atoms with Crippen molar-refractivity contribution < 1.29 is 0 Å². The van der Waals surface area contributed by atoms with Crippen molar-refractivity contribution in [3.63, 3.8) is 0 Å². The third kappa shape index (κ3) is 2.50. The first-order valence-electron chi connectivity index (χ1n) is 5.72. The number of nitrogens with two attached hydrogens (primary N) is 1. The van der Waals surface area contributed by atoms with Gasteiger partial charge in [0.1, 0.15) is 5.82 Å². The van der Waals surface area contributed by atoms with Crippen LogP contribution in [0.15, 0.2) is 24.3 Å². The fourth-order valence-electron chi connectivity index (χ4n) is 1.88. The number of hydrogen-bond donors (Lipinski definition) is 1. The second kappa shape index (κ2) is 4.63. The minimum Gasteiger partial charge on any atom is -0.325 e. The molecule has 3 heteroatoms. The van der Waals surface area contributed by atoms with E-state index in [2.05, 4.69) is 42.0 Å². The predicted octanol–water partition coefficient (Wildman–Crippen LogP) is 2.53. The number of benzene rings is 1. The third-order valence-corrected chi connectivity index (χ3v) is 2.77. The third-order valence-electron chi connectivity index (χ3n) is 2.77. The molecule has 0 saturated heterocycles. The molecule has 0 atom stereocenters. The summed E-state index contributed by atoms with van der Waals surface area (Å²) in [6.07, 6.45) is 0. The van der Waals surface area contributed by atoms with Crippen LogP contribution in [0.3, 0.4) is 0 Å². The van der Waals surface area contributed by atoms with Gasteiger partial charge in [-0.1, -0.05) is 17.7 Å². The van der Waals surface area contributed by atoms with Crippen molar-refractivity contribution >= 4 is 0 Å². The van der Waals surface area contributed by atoms with Crippen molar-refractivity contribution in [2.45, 2.75) is 27.3 Å². The second-order valence-corrected chi connectivity index (χ2v) is 4.31. The number of hydrogen-bond acceptors (Lipinski definition) is 3. The molecule has 88 valence electrons. The molecule has 0 aliphatic rings. The van der Waals surface area contributed by atoms with E-state index >= 15 is 0 Å². The summed E-state index contributed by atoms with van der Waals surface area (Å²) >= 11 is 0. The highest BCUT2D eigenvalue weighted by atomic mass is 14.9. The Morgan fingerprint density at radius 3 is 2.53 bits per heavy atom. The van der Waals surface area contributed by atoms with E-state index in [4.69, 9.17) is 5.73 Å². The molecule has 0 aliphatic heterocycles. The zero-order valence-electron chi connectivity index (χ0n) is 10.5. The molecule has 1 aromatic carbocycles. The molecule has 0 amide bonds. The van der Waals surface area contributed by atoms with Crippen LogP contribution in [-0.4, -0.2) is 9.97 Å². The van der Waals surface area contributed by atoms with Gasteiger partial charge in [-0.05, 0) is 38.5 Å². The van der Waals surface area contributed by atoms with Crippen LogP contribution in [0, 0.1) is 20.8 Å². The summed E-state index contributed by atoms with van der Waals surface area (Å²) in [4.78, 5) is 8.78. The molecule has 0 spiro atoms. The molecule has 0 radical (unpaired) electrons. The van der Waals surface area contributed by atoms with Crippen molar-refractivity contribution in [2.24, 2.45) is 5.73 Å². The minimum absolute atomic E-state index is 0.446. The molecular formula is C14H17N3. The zero-order valence-corrected chi connectivity index (χ0v) is 10.5. The molecule has 1 heterocycles. The van der Waals surface area contributed by atoms with Crippen LogP contribution in [0.25, 0.3) is 11.3 Å². The summed E-state index contributed by atoms with van der Waals surface area (Å²) < 4.78 is 0. The van der Waals surface area contributed by atoms with Crippen molar-refractivity contribution in [1.29, 1.82) is 0 Å². The molecular weight excluding hydrogens is 210 g/mol. The molecule has 0 bridgehead atoms. The van der Waals surface area contributed by atoms with E-state index in [1.807, 2.05) is 13.0 Å². The number of aryl methyl sites for hydroxylation is 3. The lowest BCUT2D eigenvalue weighted by Crippen LogP contribution is -2.03. The zero-order chi connectivity index (χ0) is 12.4. The Morgan fingerprint density at radius 2 is 1.82 bits per heavy atom. The minimum atomic E-state index is 0.446. The monoisotopic (exact) mass is 227 g/mol. The van der Waals surface area contributed by atoms with Crippen molar-refractivity contribution in [2.75, 3.05) is 0 Å². The second-order valence-electron chi connectivity index (χ2n) is 4.31. The Hall–Kier alpha value is -1.74. The molecule has 2 aromatic rings. The van der Waals surface area contributed by atoms with Crippen LogP contribution < -0.4 is 5.73 Å². The van der Waals surface area contributed by atoms with Crippen molar-refractivity contribution in [1.82, 2.24) is 9.97 Å². The SMILES string of the molecule is Cc1ccc(C)c(-c2cc(CN)nc(C)n2)c1. The maximum absolute atomic E-state index is 5.64. The average molecular weight is 227 g/mol. The van der Waals surface area contributed by atoms with Gasteiger partial charge in [-0.15, -0.1) is 0 Å². The van der Waals surface area contributed by atoms with E-state index in [0.717, 1.165) is 22.8 Å². The van der Waals surface area contributed by atoms with Gasteiger partial charge < -0.3 is 5.73 Å². The molecule has 0 saturated carbocycles. The summed E-state index contributed by atoms with van der Waals surface area (Å²) in [6, 6.07) is 8.34. The van der Waals surface area contributed by atoms with E-state index in [-0.39, 0.29) is 0 Å². The normalized spacial score (nSPS) is 10.6. The predicted molar refractivity (Wildman–Crippen MR) is 69.6 cm³/mol. The van der Waals surface area contributed by atoms with Gasteiger partial charge in [0.25, 0.3) is 0 Å². The largest absolute Gasteiger partial charge is 0.325 e.